The van der Waals surface area contributed by atoms with Crippen molar-refractivity contribution in [2.75, 3.05) is 26.7 Å². The van der Waals surface area contributed by atoms with Crippen LogP contribution in [0.4, 0.5) is 0 Å². The second-order valence-electron chi connectivity index (χ2n) is 9.35. The third-order valence-electron chi connectivity index (χ3n) is 7.59. The van der Waals surface area contributed by atoms with Crippen molar-refractivity contribution < 1.29 is 14.3 Å². The highest BCUT2D eigenvalue weighted by molar-refractivity contribution is 5.92. The molecule has 0 unspecified atom stereocenters. The Morgan fingerprint density at radius 2 is 2.22 bits per heavy atom. The Labute approximate surface area is 191 Å². The smallest absolute Gasteiger partial charge is 0.246 e. The highest BCUT2D eigenvalue weighted by atomic mass is 16.3. The molecule has 3 atom stereocenters. The molecule has 1 N–H and O–H groups in total. The molecule has 2 aliphatic rings. The summed E-state index contributed by atoms with van der Waals surface area (Å²) in [5.41, 5.74) is 2.11. The Bertz CT molecular complexity index is 994. The van der Waals surface area contributed by atoms with Gasteiger partial charge in [-0.1, -0.05) is 18.2 Å². The maximum atomic E-state index is 13.0. The van der Waals surface area contributed by atoms with E-state index in [0.717, 1.165) is 56.6 Å². The van der Waals surface area contributed by atoms with E-state index in [1.165, 1.54) is 5.56 Å². The summed E-state index contributed by atoms with van der Waals surface area (Å²) in [6, 6.07) is 9.81. The van der Waals surface area contributed by atoms with Gasteiger partial charge in [-0.2, -0.15) is 0 Å². The molecule has 1 aliphatic heterocycles. The van der Waals surface area contributed by atoms with Crippen LogP contribution >= 0.6 is 0 Å². The lowest BCUT2D eigenvalue weighted by Crippen LogP contribution is -2.56. The van der Waals surface area contributed by atoms with E-state index in [1.807, 2.05) is 49.2 Å². The normalized spacial score (nSPS) is 26.1. The molecule has 4 rings (SSSR count). The first kappa shape index (κ1) is 22.4. The van der Waals surface area contributed by atoms with Crippen molar-refractivity contribution >= 4 is 12.0 Å². The fourth-order valence-corrected chi connectivity index (χ4v) is 5.71. The topological polar surface area (TPSA) is 56.9 Å². The Kier molecular flexibility index (Phi) is 6.56. The predicted octanol–water partition coefficient (Wildman–Crippen LogP) is 4.76. The lowest BCUT2D eigenvalue weighted by Gasteiger charge is -2.54. The SMILES string of the molecule is C=CCN1CC[C@@]2(c3cccc(O)c3)C[C@H](N(C)C(=O)/C=C/c3ccoc3C)CC[C@@H]2C1. The molecule has 1 aromatic heterocycles. The molecular weight excluding hydrogens is 400 g/mol. The first-order valence-corrected chi connectivity index (χ1v) is 11.5. The Hall–Kier alpha value is -2.79. The average Bonchev–Trinajstić information content (AvgIpc) is 3.21. The molecule has 1 aliphatic carbocycles. The molecule has 0 spiro atoms. The standard InChI is InChI=1S/C27H34N2O3/c1-4-14-29-15-13-27(22-6-5-7-25(30)17-22)18-24(10-9-23(27)19-29)28(3)26(31)11-8-21-12-16-32-20(21)2/h4-8,11-12,16-17,23-24,30H,1,9-10,13-15,18-19H2,2-3H3/b11-8+/t23-,24-,27+/m1/s1. The molecule has 1 saturated heterocycles. The fourth-order valence-electron chi connectivity index (χ4n) is 5.71. The number of carbonyl (C=O) groups is 1. The number of phenols is 1. The molecule has 0 bridgehead atoms. The predicted molar refractivity (Wildman–Crippen MR) is 127 cm³/mol. The highest BCUT2D eigenvalue weighted by Crippen LogP contribution is 2.50. The molecule has 1 amide bonds. The fraction of sp³-hybridized carbons (Fsp3) is 0.444. The van der Waals surface area contributed by atoms with E-state index in [9.17, 15) is 9.90 Å². The van der Waals surface area contributed by atoms with Crippen LogP contribution in [-0.2, 0) is 10.2 Å². The molecule has 5 nitrogen and oxygen atoms in total. The van der Waals surface area contributed by atoms with Gasteiger partial charge in [-0.3, -0.25) is 9.69 Å². The number of likely N-dealkylation sites (N-methyl/N-ethyl adjacent to an activating group) is 1. The lowest BCUT2D eigenvalue weighted by atomic mass is 9.57. The molecule has 5 heteroatoms. The number of aromatic hydroxyl groups is 1. The minimum Gasteiger partial charge on any atom is -0.508 e. The molecule has 2 fully saturated rings. The summed E-state index contributed by atoms with van der Waals surface area (Å²) in [6.07, 6.45) is 11.1. The molecule has 32 heavy (non-hydrogen) atoms. The van der Waals surface area contributed by atoms with Gasteiger partial charge in [0.1, 0.15) is 11.5 Å². The number of nitrogens with zero attached hydrogens (tertiary/aromatic N) is 2. The monoisotopic (exact) mass is 434 g/mol. The maximum Gasteiger partial charge on any atom is 0.246 e. The Morgan fingerprint density at radius 3 is 2.94 bits per heavy atom. The first-order valence-electron chi connectivity index (χ1n) is 11.5. The highest BCUT2D eigenvalue weighted by Gasteiger charge is 2.49. The molecule has 1 aromatic carbocycles. The Balaban J connectivity index is 1.56. The second-order valence-corrected chi connectivity index (χ2v) is 9.35. The number of rotatable bonds is 6. The second kappa shape index (κ2) is 9.37. The van der Waals surface area contributed by atoms with E-state index in [-0.39, 0.29) is 17.4 Å². The van der Waals surface area contributed by atoms with Gasteiger partial charge >= 0.3 is 0 Å². The molecule has 0 radical (unpaired) electrons. The van der Waals surface area contributed by atoms with Gasteiger partial charge in [-0.25, -0.2) is 0 Å². The van der Waals surface area contributed by atoms with Crippen molar-refractivity contribution in [3.05, 3.63) is 72.2 Å². The third kappa shape index (κ3) is 4.40. The summed E-state index contributed by atoms with van der Waals surface area (Å²) in [5.74, 6) is 1.64. The number of carbonyl (C=O) groups excluding carboxylic acids is 1. The van der Waals surface area contributed by atoms with Crippen LogP contribution in [-0.4, -0.2) is 53.5 Å². The summed E-state index contributed by atoms with van der Waals surface area (Å²) in [4.78, 5) is 17.4. The number of piperidine rings is 1. The number of benzene rings is 1. The van der Waals surface area contributed by atoms with Gasteiger partial charge in [0.15, 0.2) is 0 Å². The molecule has 1 saturated carbocycles. The number of phenolic OH excluding ortho intramolecular Hbond substituents is 1. The quantitative estimate of drug-likeness (QED) is 0.526. The van der Waals surface area contributed by atoms with Crippen molar-refractivity contribution in [3.63, 3.8) is 0 Å². The van der Waals surface area contributed by atoms with Gasteiger partial charge < -0.3 is 14.4 Å². The molecule has 2 heterocycles. The van der Waals surface area contributed by atoms with Crippen LogP contribution < -0.4 is 0 Å². The minimum atomic E-state index is -0.0290. The van der Waals surface area contributed by atoms with Crippen LogP contribution in [0.25, 0.3) is 6.08 Å². The number of hydrogen-bond acceptors (Lipinski definition) is 4. The van der Waals surface area contributed by atoms with Gasteiger partial charge in [-0.15, -0.1) is 6.58 Å². The number of fused-ring (bicyclic) bond motifs is 1. The first-order chi connectivity index (χ1) is 15.4. The van der Waals surface area contributed by atoms with Crippen LogP contribution in [0.2, 0.25) is 0 Å². The van der Waals surface area contributed by atoms with Crippen LogP contribution in [0.1, 0.15) is 42.6 Å². The van der Waals surface area contributed by atoms with Crippen molar-refractivity contribution in [2.45, 2.75) is 44.1 Å². The number of aryl methyl sites for hydroxylation is 1. The van der Waals surface area contributed by atoms with Crippen molar-refractivity contribution in [1.82, 2.24) is 9.80 Å². The van der Waals surface area contributed by atoms with E-state index in [2.05, 4.69) is 17.5 Å². The van der Waals surface area contributed by atoms with Gasteiger partial charge in [0.05, 0.1) is 6.26 Å². The van der Waals surface area contributed by atoms with Crippen molar-refractivity contribution in [3.8, 4) is 5.75 Å². The van der Waals surface area contributed by atoms with Gasteiger partial charge in [-0.05, 0) is 74.9 Å². The number of furan rings is 1. The zero-order chi connectivity index (χ0) is 22.7. The summed E-state index contributed by atoms with van der Waals surface area (Å²) < 4.78 is 5.32. The van der Waals surface area contributed by atoms with Gasteiger partial charge in [0, 0.05) is 43.2 Å². The average molecular weight is 435 g/mol. The zero-order valence-corrected chi connectivity index (χ0v) is 19.2. The molecule has 170 valence electrons. The largest absolute Gasteiger partial charge is 0.508 e. The Morgan fingerprint density at radius 1 is 1.38 bits per heavy atom. The van der Waals surface area contributed by atoms with Gasteiger partial charge in [0.25, 0.3) is 0 Å². The summed E-state index contributed by atoms with van der Waals surface area (Å²) in [6.45, 7) is 8.75. The summed E-state index contributed by atoms with van der Waals surface area (Å²) >= 11 is 0. The van der Waals surface area contributed by atoms with Crippen molar-refractivity contribution in [1.29, 1.82) is 0 Å². The van der Waals surface area contributed by atoms with Crippen LogP contribution in [0.5, 0.6) is 5.75 Å². The molecule has 2 aromatic rings. The van der Waals surface area contributed by atoms with Crippen LogP contribution in [0.3, 0.4) is 0 Å². The summed E-state index contributed by atoms with van der Waals surface area (Å²) in [7, 11) is 1.92. The van der Waals surface area contributed by atoms with E-state index in [1.54, 1.807) is 18.4 Å². The number of likely N-dealkylation sites (tertiary alicyclic amines) is 1. The third-order valence-corrected chi connectivity index (χ3v) is 7.59. The summed E-state index contributed by atoms with van der Waals surface area (Å²) in [5, 5.41) is 10.2. The van der Waals surface area contributed by atoms with E-state index in [4.69, 9.17) is 4.42 Å². The lowest BCUT2D eigenvalue weighted by molar-refractivity contribution is -0.128. The van der Waals surface area contributed by atoms with Gasteiger partial charge in [0.2, 0.25) is 5.91 Å². The maximum absolute atomic E-state index is 13.0. The van der Waals surface area contributed by atoms with Crippen LogP contribution in [0.15, 0.2) is 59.7 Å². The zero-order valence-electron chi connectivity index (χ0n) is 19.2. The van der Waals surface area contributed by atoms with Crippen molar-refractivity contribution in [2.24, 2.45) is 5.92 Å². The number of amides is 1. The minimum absolute atomic E-state index is 0.0178. The molecular formula is C27H34N2O3. The van der Waals surface area contributed by atoms with E-state index < -0.39 is 0 Å². The van der Waals surface area contributed by atoms with E-state index >= 15 is 0 Å². The van der Waals surface area contributed by atoms with Crippen LogP contribution in [0, 0.1) is 12.8 Å². The van der Waals surface area contributed by atoms with E-state index in [0.29, 0.717) is 11.7 Å². The number of hydrogen-bond donors (Lipinski definition) is 1.